The van der Waals surface area contributed by atoms with E-state index >= 15 is 0 Å². The molecule has 5 heteroatoms. The van der Waals surface area contributed by atoms with Crippen LogP contribution in [0.5, 0.6) is 0 Å². The van der Waals surface area contributed by atoms with Gasteiger partial charge in [-0.05, 0) is 0 Å². The molecule has 2 N–H and O–H groups in total. The van der Waals surface area contributed by atoms with E-state index in [-0.39, 0.29) is 18.0 Å². The predicted octanol–water partition coefficient (Wildman–Crippen LogP) is 1.07. The number of halogens is 2. The number of rotatable bonds is 2. The monoisotopic (exact) mass is 148 g/mol. The van der Waals surface area contributed by atoms with Crippen molar-refractivity contribution in [1.82, 2.24) is 4.98 Å². The first-order valence-electron chi connectivity index (χ1n) is 2.66. The van der Waals surface area contributed by atoms with E-state index in [0.29, 0.717) is 0 Å². The number of oxazole rings is 1. The van der Waals surface area contributed by atoms with Crippen molar-refractivity contribution in [3.63, 3.8) is 0 Å². The topological polar surface area (TPSA) is 52.0 Å². The molecule has 0 fully saturated rings. The molecule has 1 rings (SSSR count). The lowest BCUT2D eigenvalue weighted by atomic mass is 10.3. The molecule has 0 aliphatic rings. The van der Waals surface area contributed by atoms with Crippen LogP contribution in [0.25, 0.3) is 0 Å². The Morgan fingerprint density at radius 2 is 2.40 bits per heavy atom. The molecule has 0 aliphatic carbocycles. The minimum Gasteiger partial charge on any atom is -0.447 e. The van der Waals surface area contributed by atoms with E-state index in [1.807, 2.05) is 0 Å². The molecule has 1 aromatic heterocycles. The lowest BCUT2D eigenvalue weighted by Crippen LogP contribution is -1.99. The first-order valence-corrected chi connectivity index (χ1v) is 2.66. The summed E-state index contributed by atoms with van der Waals surface area (Å²) in [5.41, 5.74) is 4.71. The zero-order valence-corrected chi connectivity index (χ0v) is 5.05. The standard InChI is InChI=1S/C5H6F2N2O/c6-5(7)4-3(1-8)10-2-9-4/h2,5H,1,8H2. The molecule has 10 heavy (non-hydrogen) atoms. The third kappa shape index (κ3) is 1.13. The van der Waals surface area contributed by atoms with Crippen molar-refractivity contribution in [3.8, 4) is 0 Å². The lowest BCUT2D eigenvalue weighted by molar-refractivity contribution is 0.144. The molecule has 1 heterocycles. The summed E-state index contributed by atoms with van der Waals surface area (Å²) in [4.78, 5) is 3.29. The fourth-order valence-corrected chi connectivity index (χ4v) is 0.610. The van der Waals surface area contributed by atoms with Crippen LogP contribution in [0.2, 0.25) is 0 Å². The van der Waals surface area contributed by atoms with E-state index in [1.165, 1.54) is 0 Å². The number of hydrogen-bond acceptors (Lipinski definition) is 3. The van der Waals surface area contributed by atoms with Crippen molar-refractivity contribution in [2.24, 2.45) is 5.73 Å². The third-order valence-corrected chi connectivity index (χ3v) is 1.06. The lowest BCUT2D eigenvalue weighted by Gasteiger charge is -1.93. The molecule has 0 saturated heterocycles. The molecule has 0 unspecified atom stereocenters. The Kier molecular flexibility index (Phi) is 1.96. The average Bonchev–Trinajstić information content (AvgIpc) is 2.33. The second-order valence-electron chi connectivity index (χ2n) is 1.67. The van der Waals surface area contributed by atoms with Crippen LogP contribution < -0.4 is 5.73 Å². The maximum Gasteiger partial charge on any atom is 0.283 e. The number of hydrogen-bond donors (Lipinski definition) is 1. The Labute approximate surface area is 55.8 Å². The van der Waals surface area contributed by atoms with E-state index in [9.17, 15) is 8.78 Å². The Morgan fingerprint density at radius 1 is 1.70 bits per heavy atom. The highest BCUT2D eigenvalue weighted by molar-refractivity contribution is 5.07. The van der Waals surface area contributed by atoms with Crippen LogP contribution in [0.3, 0.4) is 0 Å². The molecule has 0 aliphatic heterocycles. The molecule has 0 radical (unpaired) electrons. The summed E-state index contributed by atoms with van der Waals surface area (Å²) in [5.74, 6) is 0.0509. The summed E-state index contributed by atoms with van der Waals surface area (Å²) in [6, 6.07) is 0. The van der Waals surface area contributed by atoms with Crippen LogP contribution in [0.4, 0.5) is 8.78 Å². The largest absolute Gasteiger partial charge is 0.447 e. The van der Waals surface area contributed by atoms with Crippen LogP contribution in [0, 0.1) is 0 Å². The fraction of sp³-hybridized carbons (Fsp3) is 0.400. The van der Waals surface area contributed by atoms with Crippen LogP contribution in [0.15, 0.2) is 10.8 Å². The fourth-order valence-electron chi connectivity index (χ4n) is 0.610. The Balaban J connectivity index is 2.90. The van der Waals surface area contributed by atoms with E-state index in [2.05, 4.69) is 9.40 Å². The zero-order chi connectivity index (χ0) is 7.56. The first-order chi connectivity index (χ1) is 4.75. The molecule has 0 spiro atoms. The Hall–Kier alpha value is -0.970. The van der Waals surface area contributed by atoms with Gasteiger partial charge in [-0.15, -0.1) is 0 Å². The molecular formula is C5H6F2N2O. The van der Waals surface area contributed by atoms with Gasteiger partial charge in [-0.3, -0.25) is 0 Å². The van der Waals surface area contributed by atoms with Crippen LogP contribution in [0.1, 0.15) is 17.9 Å². The Bertz CT molecular complexity index is 211. The van der Waals surface area contributed by atoms with Gasteiger partial charge in [0.25, 0.3) is 6.43 Å². The highest BCUT2D eigenvalue weighted by atomic mass is 19.3. The van der Waals surface area contributed by atoms with Gasteiger partial charge < -0.3 is 10.2 Å². The molecule has 0 atom stereocenters. The van der Waals surface area contributed by atoms with Gasteiger partial charge in [0.2, 0.25) is 0 Å². The van der Waals surface area contributed by atoms with Crippen LogP contribution in [-0.2, 0) is 6.54 Å². The van der Waals surface area contributed by atoms with Crippen molar-refractivity contribution in [3.05, 3.63) is 17.8 Å². The minimum absolute atomic E-state index is 0.0420. The summed E-state index contributed by atoms with van der Waals surface area (Å²) in [5, 5.41) is 0. The smallest absolute Gasteiger partial charge is 0.283 e. The normalized spacial score (nSPS) is 10.8. The molecular weight excluding hydrogens is 142 g/mol. The van der Waals surface area contributed by atoms with Gasteiger partial charge in [0, 0.05) is 0 Å². The maximum absolute atomic E-state index is 11.9. The van der Waals surface area contributed by atoms with Gasteiger partial charge in [0.1, 0.15) is 11.5 Å². The highest BCUT2D eigenvalue weighted by Crippen LogP contribution is 2.20. The van der Waals surface area contributed by atoms with Crippen molar-refractivity contribution < 1.29 is 13.2 Å². The summed E-state index contributed by atoms with van der Waals surface area (Å²) < 4.78 is 28.3. The summed E-state index contributed by atoms with van der Waals surface area (Å²) in [7, 11) is 0. The van der Waals surface area contributed by atoms with E-state index in [1.54, 1.807) is 0 Å². The van der Waals surface area contributed by atoms with E-state index in [4.69, 9.17) is 5.73 Å². The van der Waals surface area contributed by atoms with Gasteiger partial charge >= 0.3 is 0 Å². The van der Waals surface area contributed by atoms with Crippen molar-refractivity contribution >= 4 is 0 Å². The molecule has 1 aromatic rings. The van der Waals surface area contributed by atoms with Crippen molar-refractivity contribution in [2.45, 2.75) is 13.0 Å². The number of nitrogens with zero attached hydrogens (tertiary/aromatic N) is 1. The summed E-state index contributed by atoms with van der Waals surface area (Å²) >= 11 is 0. The predicted molar refractivity (Wildman–Crippen MR) is 29.4 cm³/mol. The quantitative estimate of drug-likeness (QED) is 0.682. The van der Waals surface area contributed by atoms with Crippen LogP contribution >= 0.6 is 0 Å². The number of aromatic nitrogens is 1. The van der Waals surface area contributed by atoms with Crippen molar-refractivity contribution in [1.29, 1.82) is 0 Å². The molecule has 56 valence electrons. The first kappa shape index (κ1) is 7.14. The van der Waals surface area contributed by atoms with Gasteiger partial charge in [0.15, 0.2) is 6.39 Å². The Morgan fingerprint density at radius 3 is 2.80 bits per heavy atom. The minimum atomic E-state index is -2.60. The van der Waals surface area contributed by atoms with E-state index < -0.39 is 6.43 Å². The molecule has 0 aromatic carbocycles. The third-order valence-electron chi connectivity index (χ3n) is 1.06. The number of nitrogens with two attached hydrogens (primary N) is 1. The van der Waals surface area contributed by atoms with Gasteiger partial charge in [-0.25, -0.2) is 13.8 Å². The zero-order valence-electron chi connectivity index (χ0n) is 5.05. The number of alkyl halides is 2. The van der Waals surface area contributed by atoms with Gasteiger partial charge in [-0.2, -0.15) is 0 Å². The SMILES string of the molecule is NCc1ocnc1C(F)F. The van der Waals surface area contributed by atoms with E-state index in [0.717, 1.165) is 6.39 Å². The van der Waals surface area contributed by atoms with Gasteiger partial charge in [-0.1, -0.05) is 0 Å². The van der Waals surface area contributed by atoms with Gasteiger partial charge in [0.05, 0.1) is 6.54 Å². The molecule has 0 amide bonds. The molecule has 0 saturated carbocycles. The molecule has 0 bridgehead atoms. The second kappa shape index (κ2) is 2.74. The maximum atomic E-state index is 11.9. The van der Waals surface area contributed by atoms with Crippen molar-refractivity contribution in [2.75, 3.05) is 0 Å². The van der Waals surface area contributed by atoms with Crippen LogP contribution in [-0.4, -0.2) is 4.98 Å². The highest BCUT2D eigenvalue weighted by Gasteiger charge is 2.15. The summed E-state index contributed by atoms with van der Waals surface area (Å²) in [6.07, 6.45) is -1.64. The second-order valence-corrected chi connectivity index (χ2v) is 1.67. The average molecular weight is 148 g/mol. The molecule has 3 nitrogen and oxygen atoms in total. The summed E-state index contributed by atoms with van der Waals surface area (Å²) in [6.45, 7) is -0.0420.